The number of amides is 1. The van der Waals surface area contributed by atoms with Gasteiger partial charge in [-0.1, -0.05) is 0 Å². The molecule has 0 bridgehead atoms. The molecule has 0 saturated carbocycles. The van der Waals surface area contributed by atoms with E-state index in [0.717, 1.165) is 0 Å². The number of nitrogens with one attached hydrogen (secondary N) is 1. The van der Waals surface area contributed by atoms with Crippen molar-refractivity contribution in [2.75, 3.05) is 27.2 Å². The maximum Gasteiger partial charge on any atom is 0.323 e. The van der Waals surface area contributed by atoms with Crippen LogP contribution in [0.1, 0.15) is 17.4 Å². The highest BCUT2D eigenvalue weighted by atomic mass is 16.6. The highest BCUT2D eigenvalue weighted by molar-refractivity contribution is 5.93. The average Bonchev–Trinajstić information content (AvgIpc) is 2.66. The summed E-state index contributed by atoms with van der Waals surface area (Å²) in [6, 6.07) is 2.65. The average molecular weight is 284 g/mol. The van der Waals surface area contributed by atoms with Gasteiger partial charge >= 0.3 is 5.82 Å². The molecule has 1 heterocycles. The molecular weight excluding hydrogens is 264 g/mol. The van der Waals surface area contributed by atoms with Crippen molar-refractivity contribution in [2.24, 2.45) is 7.05 Å². The van der Waals surface area contributed by atoms with Crippen LogP contribution in [0.4, 0.5) is 5.82 Å². The van der Waals surface area contributed by atoms with Crippen LogP contribution < -0.4 is 5.32 Å². The minimum Gasteiger partial charge on any atom is -0.387 e. The molecule has 8 nitrogen and oxygen atoms in total. The molecule has 2 N–H and O–H groups in total. The molecule has 0 fully saturated rings. The first-order chi connectivity index (χ1) is 9.14. The molecule has 0 saturated heterocycles. The van der Waals surface area contributed by atoms with E-state index < -0.39 is 16.4 Å². The van der Waals surface area contributed by atoms with E-state index in [2.05, 4.69) is 5.32 Å². The van der Waals surface area contributed by atoms with Gasteiger partial charge in [0.1, 0.15) is 0 Å². The van der Waals surface area contributed by atoms with Crippen LogP contribution in [0.25, 0.3) is 0 Å². The maximum atomic E-state index is 12.0. The SMILES string of the molecule is CN(C)CC(C)(O)CNC(=O)c1ccc([N+](=O)[O-])n1C. The van der Waals surface area contributed by atoms with Crippen molar-refractivity contribution in [1.82, 2.24) is 14.8 Å². The molecule has 1 aromatic heterocycles. The van der Waals surface area contributed by atoms with Gasteiger partial charge in [0, 0.05) is 19.2 Å². The van der Waals surface area contributed by atoms with Crippen LogP contribution in [0.3, 0.4) is 0 Å². The van der Waals surface area contributed by atoms with Gasteiger partial charge in [0.25, 0.3) is 5.91 Å². The largest absolute Gasteiger partial charge is 0.387 e. The monoisotopic (exact) mass is 284 g/mol. The van der Waals surface area contributed by atoms with Crippen molar-refractivity contribution in [3.63, 3.8) is 0 Å². The number of likely N-dealkylation sites (N-methyl/N-ethyl adjacent to an activating group) is 1. The van der Waals surface area contributed by atoms with E-state index in [0.29, 0.717) is 6.54 Å². The summed E-state index contributed by atoms with van der Waals surface area (Å²) in [5.74, 6) is -0.616. The third kappa shape index (κ3) is 4.04. The van der Waals surface area contributed by atoms with Crippen molar-refractivity contribution >= 4 is 11.7 Å². The third-order valence-corrected chi connectivity index (χ3v) is 2.80. The van der Waals surface area contributed by atoms with Gasteiger partial charge in [-0.3, -0.25) is 4.79 Å². The molecule has 0 spiro atoms. The van der Waals surface area contributed by atoms with Crippen LogP contribution in [0, 0.1) is 10.1 Å². The topological polar surface area (TPSA) is 101 Å². The maximum absolute atomic E-state index is 12.0. The van der Waals surface area contributed by atoms with Crippen LogP contribution in [0.15, 0.2) is 12.1 Å². The summed E-state index contributed by atoms with van der Waals surface area (Å²) in [6.07, 6.45) is 0. The number of nitro groups is 1. The van der Waals surface area contributed by atoms with Gasteiger partial charge in [0.05, 0.1) is 12.6 Å². The number of carbonyl (C=O) groups is 1. The smallest absolute Gasteiger partial charge is 0.323 e. The van der Waals surface area contributed by atoms with Crippen molar-refractivity contribution in [2.45, 2.75) is 12.5 Å². The van der Waals surface area contributed by atoms with Crippen LogP contribution in [0.5, 0.6) is 0 Å². The Hall–Kier alpha value is -1.93. The van der Waals surface area contributed by atoms with Gasteiger partial charge in [0.2, 0.25) is 0 Å². The number of hydrogen-bond donors (Lipinski definition) is 2. The summed E-state index contributed by atoms with van der Waals surface area (Å²) in [7, 11) is 5.08. The molecule has 1 rings (SSSR count). The summed E-state index contributed by atoms with van der Waals surface area (Å²) in [5, 5.41) is 23.4. The molecule has 0 aromatic carbocycles. The zero-order chi connectivity index (χ0) is 15.5. The zero-order valence-electron chi connectivity index (χ0n) is 12.1. The first-order valence-corrected chi connectivity index (χ1v) is 6.09. The van der Waals surface area contributed by atoms with Gasteiger partial charge in [-0.15, -0.1) is 0 Å². The van der Waals surface area contributed by atoms with E-state index in [9.17, 15) is 20.0 Å². The van der Waals surface area contributed by atoms with E-state index in [-0.39, 0.29) is 18.1 Å². The standard InChI is InChI=1S/C12H20N4O4/c1-12(18,8-14(2)3)7-13-11(17)9-5-6-10(15(9)4)16(19)20/h5-6,18H,7-8H2,1-4H3,(H,13,17). The fourth-order valence-electron chi connectivity index (χ4n) is 2.01. The Morgan fingerprint density at radius 2 is 2.15 bits per heavy atom. The number of hydrogen-bond acceptors (Lipinski definition) is 5. The molecule has 0 aliphatic heterocycles. The number of aromatic nitrogens is 1. The van der Waals surface area contributed by atoms with Crippen LogP contribution >= 0.6 is 0 Å². The molecule has 0 aliphatic carbocycles. The first-order valence-electron chi connectivity index (χ1n) is 6.09. The number of carbonyl (C=O) groups excluding carboxylic acids is 1. The summed E-state index contributed by atoms with van der Waals surface area (Å²) in [5.41, 5.74) is -0.895. The molecule has 0 radical (unpaired) electrons. The third-order valence-electron chi connectivity index (χ3n) is 2.80. The second kappa shape index (κ2) is 6.02. The van der Waals surface area contributed by atoms with Gasteiger partial charge in [-0.2, -0.15) is 0 Å². The highest BCUT2D eigenvalue weighted by Gasteiger charge is 2.25. The quantitative estimate of drug-likeness (QED) is 0.564. The van der Waals surface area contributed by atoms with Crippen molar-refractivity contribution in [3.8, 4) is 0 Å². The van der Waals surface area contributed by atoms with Gasteiger partial charge in [-0.05, 0) is 32.0 Å². The summed E-state index contributed by atoms with van der Waals surface area (Å²) in [4.78, 5) is 23.9. The van der Waals surface area contributed by atoms with E-state index in [1.165, 1.54) is 23.7 Å². The molecular formula is C12H20N4O4. The van der Waals surface area contributed by atoms with E-state index in [4.69, 9.17) is 0 Å². The fourth-order valence-corrected chi connectivity index (χ4v) is 2.01. The van der Waals surface area contributed by atoms with Crippen LogP contribution in [0.2, 0.25) is 0 Å². The second-order valence-corrected chi connectivity index (χ2v) is 5.31. The van der Waals surface area contributed by atoms with E-state index in [1.54, 1.807) is 11.8 Å². The molecule has 112 valence electrons. The lowest BCUT2D eigenvalue weighted by Crippen LogP contribution is -2.47. The van der Waals surface area contributed by atoms with Gasteiger partial charge < -0.3 is 25.4 Å². The normalized spacial score (nSPS) is 14.1. The second-order valence-electron chi connectivity index (χ2n) is 5.31. The molecule has 20 heavy (non-hydrogen) atoms. The Morgan fingerprint density at radius 3 is 2.60 bits per heavy atom. The van der Waals surface area contributed by atoms with E-state index >= 15 is 0 Å². The molecule has 1 amide bonds. The van der Waals surface area contributed by atoms with Crippen molar-refractivity contribution in [3.05, 3.63) is 27.9 Å². The highest BCUT2D eigenvalue weighted by Crippen LogP contribution is 2.15. The molecule has 8 heteroatoms. The number of rotatable bonds is 6. The molecule has 1 unspecified atom stereocenters. The lowest BCUT2D eigenvalue weighted by molar-refractivity contribution is -0.391. The minimum atomic E-state index is -1.07. The summed E-state index contributed by atoms with van der Waals surface area (Å²) < 4.78 is 1.20. The predicted molar refractivity (Wildman–Crippen MR) is 73.6 cm³/mol. The van der Waals surface area contributed by atoms with Crippen LogP contribution in [-0.2, 0) is 7.05 Å². The van der Waals surface area contributed by atoms with Gasteiger partial charge in [-0.25, -0.2) is 4.57 Å². The Morgan fingerprint density at radius 1 is 1.55 bits per heavy atom. The van der Waals surface area contributed by atoms with Crippen molar-refractivity contribution in [1.29, 1.82) is 0 Å². The fraction of sp³-hybridized carbons (Fsp3) is 0.583. The van der Waals surface area contributed by atoms with E-state index in [1.807, 2.05) is 14.1 Å². The van der Waals surface area contributed by atoms with Gasteiger partial charge in [0.15, 0.2) is 5.69 Å². The van der Waals surface area contributed by atoms with Crippen molar-refractivity contribution < 1.29 is 14.8 Å². The minimum absolute atomic E-state index is 0.0585. The predicted octanol–water partition coefficient (Wildman–Crippen LogP) is -0.0243. The zero-order valence-corrected chi connectivity index (χ0v) is 12.1. The summed E-state index contributed by atoms with van der Waals surface area (Å²) in [6.45, 7) is 2.06. The Bertz CT molecular complexity index is 508. The lowest BCUT2D eigenvalue weighted by Gasteiger charge is -2.26. The first kappa shape index (κ1) is 16.1. The number of nitrogens with zero attached hydrogens (tertiary/aromatic N) is 3. The Balaban J connectivity index is 2.71. The summed E-state index contributed by atoms with van der Waals surface area (Å²) >= 11 is 0. The lowest BCUT2D eigenvalue weighted by atomic mass is 10.1. The molecule has 1 aromatic rings. The molecule has 0 aliphatic rings. The van der Waals surface area contributed by atoms with Crippen LogP contribution in [-0.4, -0.2) is 58.2 Å². The number of aliphatic hydroxyl groups is 1. The Labute approximate surface area is 117 Å². The molecule has 1 atom stereocenters. The Kier molecular flexibility index (Phi) is 4.85.